The molecule has 1 aromatic carbocycles. The SMILES string of the molecule is Cc1cc2[nH]c(=O)c(N)c(-c3ccc(F)c4[nH]ncc34)c2nc1I. The van der Waals surface area contributed by atoms with Crippen molar-refractivity contribution in [3.63, 3.8) is 0 Å². The van der Waals surface area contributed by atoms with E-state index in [0.717, 1.165) is 9.26 Å². The third-order valence-electron chi connectivity index (χ3n) is 3.98. The molecule has 0 saturated carbocycles. The van der Waals surface area contributed by atoms with Gasteiger partial charge in [0.25, 0.3) is 5.56 Å². The number of fused-ring (bicyclic) bond motifs is 2. The lowest BCUT2D eigenvalue weighted by atomic mass is 9.99. The zero-order valence-electron chi connectivity index (χ0n) is 12.4. The molecular formula is C16H11FIN5O. The quantitative estimate of drug-likeness (QED) is 0.316. The molecule has 0 unspecified atom stereocenters. The molecule has 0 bridgehead atoms. The fourth-order valence-corrected chi connectivity index (χ4v) is 3.20. The van der Waals surface area contributed by atoms with Gasteiger partial charge in [-0.05, 0) is 52.8 Å². The van der Waals surface area contributed by atoms with Crippen molar-refractivity contribution in [3.05, 3.63) is 49.8 Å². The number of hydrogen-bond donors (Lipinski definition) is 3. The molecule has 0 atom stereocenters. The van der Waals surface area contributed by atoms with E-state index in [-0.39, 0.29) is 11.2 Å². The number of H-pyrrole nitrogens is 2. The molecule has 0 aliphatic rings. The maximum Gasteiger partial charge on any atom is 0.272 e. The Morgan fingerprint density at radius 3 is 2.92 bits per heavy atom. The molecule has 4 N–H and O–H groups in total. The Bertz CT molecular complexity index is 1180. The van der Waals surface area contributed by atoms with Gasteiger partial charge in [-0.2, -0.15) is 5.10 Å². The molecule has 0 aliphatic heterocycles. The van der Waals surface area contributed by atoms with Crippen LogP contribution in [0.4, 0.5) is 10.1 Å². The topological polar surface area (TPSA) is 100 Å². The zero-order valence-corrected chi connectivity index (χ0v) is 14.6. The van der Waals surface area contributed by atoms with Gasteiger partial charge in [0.15, 0.2) is 0 Å². The third kappa shape index (κ3) is 2.09. The third-order valence-corrected chi connectivity index (χ3v) is 5.08. The number of aryl methyl sites for hydroxylation is 1. The summed E-state index contributed by atoms with van der Waals surface area (Å²) in [4.78, 5) is 19.6. The lowest BCUT2D eigenvalue weighted by Crippen LogP contribution is -2.14. The van der Waals surface area contributed by atoms with Crippen LogP contribution >= 0.6 is 22.6 Å². The molecule has 3 heterocycles. The maximum atomic E-state index is 13.9. The molecule has 3 aromatic heterocycles. The minimum atomic E-state index is -0.419. The Hall–Kier alpha value is -2.49. The number of nitrogens with two attached hydrogens (primary N) is 1. The predicted molar refractivity (Wildman–Crippen MR) is 99.3 cm³/mol. The largest absolute Gasteiger partial charge is 0.394 e. The molecule has 0 saturated heterocycles. The van der Waals surface area contributed by atoms with Crippen LogP contribution in [0.15, 0.2) is 29.2 Å². The first kappa shape index (κ1) is 15.1. The Morgan fingerprint density at radius 2 is 2.12 bits per heavy atom. The van der Waals surface area contributed by atoms with Gasteiger partial charge in [0.05, 0.1) is 17.2 Å². The van der Waals surface area contributed by atoms with Crippen molar-refractivity contribution in [1.82, 2.24) is 20.2 Å². The van der Waals surface area contributed by atoms with E-state index in [4.69, 9.17) is 5.73 Å². The van der Waals surface area contributed by atoms with Crippen LogP contribution in [0, 0.1) is 16.4 Å². The van der Waals surface area contributed by atoms with E-state index in [1.165, 1.54) is 12.3 Å². The highest BCUT2D eigenvalue weighted by atomic mass is 127. The molecule has 4 aromatic rings. The highest BCUT2D eigenvalue weighted by Gasteiger charge is 2.18. The highest BCUT2D eigenvalue weighted by molar-refractivity contribution is 14.1. The number of nitrogen functional groups attached to an aromatic ring is 1. The second-order valence-electron chi connectivity index (χ2n) is 5.49. The number of hydrogen-bond acceptors (Lipinski definition) is 4. The van der Waals surface area contributed by atoms with Crippen molar-refractivity contribution in [2.75, 3.05) is 5.73 Å². The molecule has 0 aliphatic carbocycles. The number of halogens is 2. The predicted octanol–water partition coefficient (Wildman–Crippen LogP) is 3.10. The summed E-state index contributed by atoms with van der Waals surface area (Å²) < 4.78 is 14.7. The molecule has 0 radical (unpaired) electrons. The number of aromatic nitrogens is 4. The lowest BCUT2D eigenvalue weighted by Gasteiger charge is -2.11. The maximum absolute atomic E-state index is 13.9. The molecule has 120 valence electrons. The number of nitrogens with one attached hydrogen (secondary N) is 2. The second kappa shape index (κ2) is 5.26. The molecule has 0 fully saturated rings. The molecule has 6 nitrogen and oxygen atoms in total. The van der Waals surface area contributed by atoms with Crippen LogP contribution in [0.5, 0.6) is 0 Å². The molecular weight excluding hydrogens is 424 g/mol. The average molecular weight is 435 g/mol. The van der Waals surface area contributed by atoms with Crippen molar-refractivity contribution in [2.24, 2.45) is 0 Å². The van der Waals surface area contributed by atoms with Gasteiger partial charge < -0.3 is 10.7 Å². The van der Waals surface area contributed by atoms with E-state index < -0.39 is 11.4 Å². The summed E-state index contributed by atoms with van der Waals surface area (Å²) in [5.41, 5.74) is 9.16. The standard InChI is InChI=1S/C16H11FIN5O/c1-6-4-10-14(22-15(6)18)11(12(19)16(24)21-10)7-2-3-9(17)13-8(7)5-20-23-13/h2-5H,19H2,1H3,(H,20,23)(H,21,24). The summed E-state index contributed by atoms with van der Waals surface area (Å²) >= 11 is 2.13. The van der Waals surface area contributed by atoms with Crippen molar-refractivity contribution in [1.29, 1.82) is 0 Å². The second-order valence-corrected chi connectivity index (χ2v) is 6.51. The van der Waals surface area contributed by atoms with E-state index in [1.807, 2.05) is 13.0 Å². The lowest BCUT2D eigenvalue weighted by molar-refractivity contribution is 0.636. The van der Waals surface area contributed by atoms with E-state index >= 15 is 0 Å². The Kier molecular flexibility index (Phi) is 3.30. The number of anilines is 1. The number of benzene rings is 1. The smallest absolute Gasteiger partial charge is 0.272 e. The van der Waals surface area contributed by atoms with Crippen LogP contribution in [0.3, 0.4) is 0 Å². The summed E-state index contributed by atoms with van der Waals surface area (Å²) in [5, 5.41) is 7.07. The minimum absolute atomic E-state index is 0.0451. The van der Waals surface area contributed by atoms with Crippen LogP contribution in [-0.2, 0) is 0 Å². The first-order valence-electron chi connectivity index (χ1n) is 7.08. The van der Waals surface area contributed by atoms with Gasteiger partial charge >= 0.3 is 0 Å². The fraction of sp³-hybridized carbons (Fsp3) is 0.0625. The summed E-state index contributed by atoms with van der Waals surface area (Å²) in [5.74, 6) is -0.419. The van der Waals surface area contributed by atoms with E-state index in [9.17, 15) is 9.18 Å². The molecule has 0 amide bonds. The van der Waals surface area contributed by atoms with Crippen LogP contribution in [0.2, 0.25) is 0 Å². The van der Waals surface area contributed by atoms with E-state index in [1.54, 1.807) is 6.07 Å². The minimum Gasteiger partial charge on any atom is -0.394 e. The summed E-state index contributed by atoms with van der Waals surface area (Å²) in [7, 11) is 0. The Balaban J connectivity index is 2.21. The Labute approximate surface area is 148 Å². The Morgan fingerprint density at radius 1 is 1.33 bits per heavy atom. The van der Waals surface area contributed by atoms with Gasteiger partial charge in [-0.25, -0.2) is 9.37 Å². The molecule has 8 heteroatoms. The van der Waals surface area contributed by atoms with Gasteiger partial charge in [-0.3, -0.25) is 9.89 Å². The van der Waals surface area contributed by atoms with Crippen molar-refractivity contribution >= 4 is 50.2 Å². The average Bonchev–Trinajstić information content (AvgIpc) is 3.03. The van der Waals surface area contributed by atoms with Crippen LogP contribution < -0.4 is 11.3 Å². The number of aromatic amines is 2. The van der Waals surface area contributed by atoms with E-state index in [2.05, 4.69) is 42.8 Å². The van der Waals surface area contributed by atoms with Crippen molar-refractivity contribution in [3.8, 4) is 11.1 Å². The monoisotopic (exact) mass is 435 g/mol. The zero-order chi connectivity index (χ0) is 17.0. The molecule has 0 spiro atoms. The summed E-state index contributed by atoms with van der Waals surface area (Å²) in [6, 6.07) is 4.76. The normalized spacial score (nSPS) is 11.5. The van der Waals surface area contributed by atoms with Gasteiger partial charge in [-0.1, -0.05) is 6.07 Å². The fourth-order valence-electron chi connectivity index (χ4n) is 2.80. The number of nitrogens with zero attached hydrogens (tertiary/aromatic N) is 2. The van der Waals surface area contributed by atoms with Gasteiger partial charge in [0.2, 0.25) is 0 Å². The van der Waals surface area contributed by atoms with Gasteiger partial charge in [0.1, 0.15) is 20.7 Å². The molecule has 4 rings (SSSR count). The first-order chi connectivity index (χ1) is 11.5. The summed E-state index contributed by atoms with van der Waals surface area (Å²) in [6.45, 7) is 1.91. The van der Waals surface area contributed by atoms with Crippen LogP contribution in [-0.4, -0.2) is 20.2 Å². The van der Waals surface area contributed by atoms with Crippen LogP contribution in [0.1, 0.15) is 5.56 Å². The highest BCUT2D eigenvalue weighted by Crippen LogP contribution is 2.35. The summed E-state index contributed by atoms with van der Waals surface area (Å²) in [6.07, 6.45) is 1.51. The first-order valence-corrected chi connectivity index (χ1v) is 8.16. The van der Waals surface area contributed by atoms with Crippen LogP contribution in [0.25, 0.3) is 33.1 Å². The number of rotatable bonds is 1. The molecule has 24 heavy (non-hydrogen) atoms. The van der Waals surface area contributed by atoms with Crippen molar-refractivity contribution < 1.29 is 4.39 Å². The van der Waals surface area contributed by atoms with Crippen molar-refractivity contribution in [2.45, 2.75) is 6.92 Å². The van der Waals surface area contributed by atoms with Gasteiger partial charge in [0, 0.05) is 10.9 Å². The van der Waals surface area contributed by atoms with E-state index in [0.29, 0.717) is 27.5 Å². The van der Waals surface area contributed by atoms with Gasteiger partial charge in [-0.15, -0.1) is 0 Å². The number of pyridine rings is 2.